The molecule has 0 bridgehead atoms. The fraction of sp³-hybridized carbons (Fsp3) is 0.111. The fourth-order valence-electron chi connectivity index (χ4n) is 2.56. The maximum absolute atomic E-state index is 11.9. The summed E-state index contributed by atoms with van der Waals surface area (Å²) in [5, 5.41) is 6.73. The summed E-state index contributed by atoms with van der Waals surface area (Å²) in [7, 11) is 0. The normalized spacial score (nSPS) is 12.0. The summed E-state index contributed by atoms with van der Waals surface area (Å²) in [6.45, 7) is 2.02. The van der Waals surface area contributed by atoms with Gasteiger partial charge in [-0.1, -0.05) is 54.1 Å². The molecule has 0 saturated heterocycles. The highest BCUT2D eigenvalue weighted by atomic mass is 16.1. The molecule has 0 aliphatic rings. The van der Waals surface area contributed by atoms with E-state index in [9.17, 15) is 4.79 Å². The largest absolute Gasteiger partial charge is 0.369 e. The Morgan fingerprint density at radius 1 is 1.00 bits per heavy atom. The Morgan fingerprint density at radius 3 is 2.09 bits per heavy atom. The van der Waals surface area contributed by atoms with Crippen LogP contribution in [0.5, 0.6) is 0 Å². The number of carbonyl (C=O) groups is 1. The zero-order valence-corrected chi connectivity index (χ0v) is 12.3. The van der Waals surface area contributed by atoms with E-state index in [2.05, 4.69) is 10.2 Å². The lowest BCUT2D eigenvalue weighted by molar-refractivity contribution is -0.118. The van der Waals surface area contributed by atoms with Crippen molar-refractivity contribution in [3.8, 4) is 11.1 Å². The Labute approximate surface area is 129 Å². The van der Waals surface area contributed by atoms with E-state index in [0.29, 0.717) is 0 Å². The predicted octanol–water partition coefficient (Wildman–Crippen LogP) is 3.00. The number of aromatic amines is 1. The lowest BCUT2D eigenvalue weighted by Crippen LogP contribution is -2.22. The molecule has 2 aromatic carbocycles. The number of aromatic nitrogens is 2. The van der Waals surface area contributed by atoms with Crippen LogP contribution < -0.4 is 5.73 Å². The van der Waals surface area contributed by atoms with Crippen LogP contribution in [0.3, 0.4) is 0 Å². The lowest BCUT2D eigenvalue weighted by atomic mass is 9.89. The summed E-state index contributed by atoms with van der Waals surface area (Å²) in [4.78, 5) is 11.9. The average molecular weight is 291 g/mol. The first kappa shape index (κ1) is 14.1. The van der Waals surface area contributed by atoms with E-state index >= 15 is 0 Å². The number of primary amides is 1. The van der Waals surface area contributed by atoms with Crippen LogP contribution in [0.1, 0.15) is 22.6 Å². The Hall–Kier alpha value is -2.88. The van der Waals surface area contributed by atoms with Crippen LogP contribution in [0, 0.1) is 6.92 Å². The first-order valence-corrected chi connectivity index (χ1v) is 7.10. The smallest absolute Gasteiger partial charge is 0.229 e. The van der Waals surface area contributed by atoms with E-state index in [1.54, 1.807) is 6.20 Å². The lowest BCUT2D eigenvalue weighted by Gasteiger charge is -2.15. The van der Waals surface area contributed by atoms with Gasteiger partial charge in [-0.15, -0.1) is 0 Å². The number of aryl methyl sites for hydroxylation is 1. The molecule has 0 radical (unpaired) electrons. The van der Waals surface area contributed by atoms with Crippen molar-refractivity contribution >= 4 is 5.91 Å². The molecule has 3 N–H and O–H groups in total. The predicted molar refractivity (Wildman–Crippen MR) is 86.2 cm³/mol. The van der Waals surface area contributed by atoms with E-state index in [-0.39, 0.29) is 5.91 Å². The van der Waals surface area contributed by atoms with Gasteiger partial charge < -0.3 is 5.73 Å². The van der Waals surface area contributed by atoms with Gasteiger partial charge >= 0.3 is 0 Å². The zero-order valence-electron chi connectivity index (χ0n) is 12.3. The van der Waals surface area contributed by atoms with Gasteiger partial charge in [0, 0.05) is 11.8 Å². The van der Waals surface area contributed by atoms with Gasteiger partial charge in [0.05, 0.1) is 12.1 Å². The molecule has 3 aromatic rings. The van der Waals surface area contributed by atoms with Crippen LogP contribution in [-0.2, 0) is 4.79 Å². The minimum absolute atomic E-state index is 0.347. The van der Waals surface area contributed by atoms with Gasteiger partial charge in [-0.25, -0.2) is 0 Å². The number of nitrogens with two attached hydrogens (primary N) is 1. The van der Waals surface area contributed by atoms with Crippen LogP contribution in [0.2, 0.25) is 0 Å². The highest BCUT2D eigenvalue weighted by molar-refractivity contribution is 5.85. The second-order valence-electron chi connectivity index (χ2n) is 5.36. The van der Waals surface area contributed by atoms with Crippen molar-refractivity contribution in [3.05, 3.63) is 77.6 Å². The van der Waals surface area contributed by atoms with Gasteiger partial charge in [0.1, 0.15) is 0 Å². The number of H-pyrrole nitrogens is 1. The van der Waals surface area contributed by atoms with Crippen molar-refractivity contribution in [1.29, 1.82) is 0 Å². The number of nitrogens with zero attached hydrogens (tertiary/aromatic N) is 1. The molecule has 1 unspecified atom stereocenters. The number of amides is 1. The van der Waals surface area contributed by atoms with Crippen molar-refractivity contribution in [2.45, 2.75) is 12.8 Å². The van der Waals surface area contributed by atoms with Gasteiger partial charge in [0.25, 0.3) is 0 Å². The number of carbonyl (C=O) groups excluding carboxylic acids is 1. The number of hydrogen-bond donors (Lipinski definition) is 2. The number of hydrogen-bond acceptors (Lipinski definition) is 2. The molecule has 110 valence electrons. The van der Waals surface area contributed by atoms with Crippen LogP contribution >= 0.6 is 0 Å². The van der Waals surface area contributed by atoms with Gasteiger partial charge in [0.15, 0.2) is 0 Å². The van der Waals surface area contributed by atoms with Gasteiger partial charge in [-0.05, 0) is 23.6 Å². The van der Waals surface area contributed by atoms with Gasteiger partial charge in [0.2, 0.25) is 5.91 Å². The van der Waals surface area contributed by atoms with Crippen LogP contribution in [0.25, 0.3) is 11.1 Å². The molecule has 1 atom stereocenters. The minimum Gasteiger partial charge on any atom is -0.369 e. The molecule has 0 saturated carbocycles. The molecule has 1 heterocycles. The molecule has 4 nitrogen and oxygen atoms in total. The van der Waals surface area contributed by atoms with E-state index in [1.165, 1.54) is 0 Å². The monoisotopic (exact) mass is 291 g/mol. The third-order valence-corrected chi connectivity index (χ3v) is 3.77. The SMILES string of the molecule is Cc1ccc(C(C(N)=O)c2ccc(-c3cn[nH]c3)cc2)cc1. The van der Waals surface area contributed by atoms with Gasteiger partial charge in [-0.2, -0.15) is 5.10 Å². The Balaban J connectivity index is 1.95. The van der Waals surface area contributed by atoms with Crippen molar-refractivity contribution in [3.63, 3.8) is 0 Å². The van der Waals surface area contributed by atoms with Crippen molar-refractivity contribution in [2.24, 2.45) is 5.73 Å². The molecule has 1 aromatic heterocycles. The van der Waals surface area contributed by atoms with Crippen LogP contribution in [-0.4, -0.2) is 16.1 Å². The molecule has 0 fully saturated rings. The second-order valence-corrected chi connectivity index (χ2v) is 5.36. The molecule has 0 aliphatic heterocycles. The highest BCUT2D eigenvalue weighted by Crippen LogP contribution is 2.27. The van der Waals surface area contributed by atoms with Crippen LogP contribution in [0.4, 0.5) is 0 Å². The molecule has 3 rings (SSSR count). The molecule has 22 heavy (non-hydrogen) atoms. The Morgan fingerprint density at radius 2 is 1.59 bits per heavy atom. The zero-order chi connectivity index (χ0) is 15.5. The standard InChI is InChI=1S/C18H17N3O/c1-12-2-4-14(5-3-12)17(18(19)22)15-8-6-13(7-9-15)16-10-20-21-11-16/h2-11,17H,1H3,(H2,19,22)(H,20,21). The number of rotatable bonds is 4. The summed E-state index contributed by atoms with van der Waals surface area (Å²) >= 11 is 0. The Kier molecular flexibility index (Phi) is 3.74. The van der Waals surface area contributed by atoms with Crippen molar-refractivity contribution in [2.75, 3.05) is 0 Å². The van der Waals surface area contributed by atoms with E-state index in [0.717, 1.165) is 27.8 Å². The van der Waals surface area contributed by atoms with Crippen molar-refractivity contribution < 1.29 is 4.79 Å². The third-order valence-electron chi connectivity index (χ3n) is 3.77. The molecular formula is C18H17N3O. The molecule has 4 heteroatoms. The third kappa shape index (κ3) is 2.76. The summed E-state index contributed by atoms with van der Waals surface area (Å²) in [5.74, 6) is -0.779. The summed E-state index contributed by atoms with van der Waals surface area (Å²) in [6.07, 6.45) is 3.60. The fourth-order valence-corrected chi connectivity index (χ4v) is 2.56. The summed E-state index contributed by atoms with van der Waals surface area (Å²) in [6, 6.07) is 15.7. The minimum atomic E-state index is -0.431. The average Bonchev–Trinajstić information content (AvgIpc) is 3.04. The molecule has 1 amide bonds. The van der Waals surface area contributed by atoms with Gasteiger partial charge in [-0.3, -0.25) is 9.89 Å². The molecular weight excluding hydrogens is 274 g/mol. The second kappa shape index (κ2) is 5.85. The van der Waals surface area contributed by atoms with E-state index in [4.69, 9.17) is 5.73 Å². The maximum Gasteiger partial charge on any atom is 0.229 e. The Bertz CT molecular complexity index is 759. The topological polar surface area (TPSA) is 71.8 Å². The quantitative estimate of drug-likeness (QED) is 0.775. The van der Waals surface area contributed by atoms with Crippen LogP contribution in [0.15, 0.2) is 60.9 Å². The first-order chi connectivity index (χ1) is 10.6. The summed E-state index contributed by atoms with van der Waals surface area (Å²) in [5.41, 5.74) is 10.6. The number of nitrogens with one attached hydrogen (secondary N) is 1. The highest BCUT2D eigenvalue weighted by Gasteiger charge is 2.20. The maximum atomic E-state index is 11.9. The van der Waals surface area contributed by atoms with Crippen molar-refractivity contribution in [1.82, 2.24) is 10.2 Å². The summed E-state index contributed by atoms with van der Waals surface area (Å²) < 4.78 is 0. The molecule has 0 aliphatic carbocycles. The molecule has 0 spiro atoms. The number of benzene rings is 2. The van der Waals surface area contributed by atoms with E-state index < -0.39 is 5.92 Å². The first-order valence-electron chi connectivity index (χ1n) is 7.10. The van der Waals surface area contributed by atoms with E-state index in [1.807, 2.05) is 61.7 Å².